The van der Waals surface area contributed by atoms with Crippen molar-refractivity contribution in [1.82, 2.24) is 4.98 Å². The average Bonchev–Trinajstić information content (AvgIpc) is 3.61. The van der Waals surface area contributed by atoms with E-state index in [0.29, 0.717) is 27.4 Å². The summed E-state index contributed by atoms with van der Waals surface area (Å²) in [6.07, 6.45) is 1.15. The molecule has 1 fully saturated rings. The van der Waals surface area contributed by atoms with Crippen molar-refractivity contribution in [3.63, 3.8) is 0 Å². The third kappa shape index (κ3) is 5.14. The van der Waals surface area contributed by atoms with Gasteiger partial charge >= 0.3 is 0 Å². The Bertz CT molecular complexity index is 2000. The van der Waals surface area contributed by atoms with E-state index in [1.165, 1.54) is 12.1 Å². The highest BCUT2D eigenvalue weighted by Gasteiger charge is 2.53. The molecule has 1 aliphatic heterocycles. The van der Waals surface area contributed by atoms with Gasteiger partial charge in [0, 0.05) is 16.3 Å². The number of anilines is 2. The maximum atomic E-state index is 14.3. The van der Waals surface area contributed by atoms with Gasteiger partial charge in [0.25, 0.3) is 5.91 Å². The number of carbonyl (C=O) groups excluding carboxylic acids is 3. The Morgan fingerprint density at radius 3 is 2.28 bits per heavy atom. The molecule has 11 heteroatoms. The second-order valence-corrected chi connectivity index (χ2v) is 13.5. The first-order valence-corrected chi connectivity index (χ1v) is 15.7. The van der Waals surface area contributed by atoms with Crippen LogP contribution in [-0.2, 0) is 19.4 Å². The van der Waals surface area contributed by atoms with Crippen LogP contribution < -0.4 is 10.6 Å². The molecule has 0 aliphatic carbocycles. The SMILES string of the molecule is Nc1ccc(C(=O)C2C(=O)C(=O)N(c3ncc(S(=O)(=O)c4ccccc4)s3)C2c2cccc(Cl)c2)c(-c2ccccc2)c1. The highest BCUT2D eigenvalue weighted by atomic mass is 35.5. The topological polar surface area (TPSA) is 128 Å². The van der Waals surface area contributed by atoms with Crippen LogP contribution in [0.4, 0.5) is 10.8 Å². The fraction of sp³-hybridized carbons (Fsp3) is 0.0625. The van der Waals surface area contributed by atoms with Crippen LogP contribution in [0, 0.1) is 5.92 Å². The number of nitrogens with zero attached hydrogens (tertiary/aromatic N) is 2. The molecule has 43 heavy (non-hydrogen) atoms. The summed E-state index contributed by atoms with van der Waals surface area (Å²) in [5.41, 5.74) is 8.35. The number of rotatable bonds is 7. The quantitative estimate of drug-likeness (QED) is 0.101. The Morgan fingerprint density at radius 1 is 0.884 bits per heavy atom. The molecule has 0 saturated carbocycles. The van der Waals surface area contributed by atoms with Crippen molar-refractivity contribution in [1.29, 1.82) is 0 Å². The molecule has 0 radical (unpaired) electrons. The van der Waals surface area contributed by atoms with Gasteiger partial charge in [0.2, 0.25) is 15.6 Å². The van der Waals surface area contributed by atoms with Crippen molar-refractivity contribution < 1.29 is 22.8 Å². The van der Waals surface area contributed by atoms with Gasteiger partial charge in [-0.1, -0.05) is 83.6 Å². The second-order valence-electron chi connectivity index (χ2n) is 9.83. The van der Waals surface area contributed by atoms with Gasteiger partial charge in [-0.3, -0.25) is 19.3 Å². The minimum absolute atomic E-state index is 0.0336. The van der Waals surface area contributed by atoms with Crippen molar-refractivity contribution in [3.05, 3.63) is 125 Å². The largest absolute Gasteiger partial charge is 0.399 e. The number of halogens is 1. The van der Waals surface area contributed by atoms with Gasteiger partial charge in [0.15, 0.2) is 10.9 Å². The van der Waals surface area contributed by atoms with Crippen LogP contribution in [-0.4, -0.2) is 30.9 Å². The molecule has 1 aliphatic rings. The Balaban J connectivity index is 1.48. The van der Waals surface area contributed by atoms with Gasteiger partial charge in [0.05, 0.1) is 17.1 Å². The number of thiazole rings is 1. The molecule has 1 amide bonds. The number of sulfone groups is 1. The number of hydrogen-bond acceptors (Lipinski definition) is 8. The number of nitrogens with two attached hydrogens (primary N) is 1. The number of aromatic nitrogens is 1. The number of hydrogen-bond donors (Lipinski definition) is 1. The third-order valence-corrected chi connectivity index (χ3v) is 10.6. The Morgan fingerprint density at radius 2 is 1.58 bits per heavy atom. The molecule has 2 N–H and O–H groups in total. The summed E-state index contributed by atoms with van der Waals surface area (Å²) < 4.78 is 26.4. The maximum absolute atomic E-state index is 14.3. The minimum atomic E-state index is -3.95. The smallest absolute Gasteiger partial charge is 0.297 e. The highest BCUT2D eigenvalue weighted by molar-refractivity contribution is 7.93. The molecule has 0 bridgehead atoms. The molecule has 1 saturated heterocycles. The standard InChI is InChI=1S/C32H22ClN3O5S2/c33-21-11-7-10-20(16-21)28-27(29(37)24-15-14-22(34)17-25(24)19-8-3-1-4-9-19)30(38)31(39)36(28)32-35-18-26(42-32)43(40,41)23-12-5-2-6-13-23/h1-18,27-28H,34H2. The Labute approximate surface area is 256 Å². The van der Waals surface area contributed by atoms with Gasteiger partial charge in [0.1, 0.15) is 10.1 Å². The fourth-order valence-corrected chi connectivity index (χ4v) is 7.95. The lowest BCUT2D eigenvalue weighted by Gasteiger charge is -2.25. The Hall–Kier alpha value is -4.64. The van der Waals surface area contributed by atoms with E-state index >= 15 is 0 Å². The van der Waals surface area contributed by atoms with Crippen molar-refractivity contribution >= 4 is 61.1 Å². The van der Waals surface area contributed by atoms with Crippen molar-refractivity contribution in [2.75, 3.05) is 10.6 Å². The van der Waals surface area contributed by atoms with Crippen LogP contribution in [0.5, 0.6) is 0 Å². The second kappa shape index (κ2) is 11.2. The van der Waals surface area contributed by atoms with Crippen molar-refractivity contribution in [2.45, 2.75) is 15.1 Å². The van der Waals surface area contributed by atoms with E-state index < -0.39 is 39.3 Å². The number of Topliss-reactive ketones (excluding diaryl/α,β-unsaturated/α-hetero) is 2. The number of nitrogen functional groups attached to an aromatic ring is 1. The van der Waals surface area contributed by atoms with Crippen LogP contribution in [0.2, 0.25) is 5.02 Å². The predicted octanol–water partition coefficient (Wildman–Crippen LogP) is 6.03. The van der Waals surface area contributed by atoms with Crippen LogP contribution >= 0.6 is 22.9 Å². The zero-order valence-corrected chi connectivity index (χ0v) is 24.6. The lowest BCUT2D eigenvalue weighted by molar-refractivity contribution is -0.135. The summed E-state index contributed by atoms with van der Waals surface area (Å²) in [7, 11) is -3.95. The van der Waals surface area contributed by atoms with Crippen molar-refractivity contribution in [2.24, 2.45) is 5.92 Å². The van der Waals surface area contributed by atoms with Crippen LogP contribution in [0.3, 0.4) is 0 Å². The summed E-state index contributed by atoms with van der Waals surface area (Å²) in [6, 6.07) is 27.1. The Kier molecular flexibility index (Phi) is 7.43. The van der Waals surface area contributed by atoms with Gasteiger partial charge < -0.3 is 5.73 Å². The molecule has 4 aromatic carbocycles. The van der Waals surface area contributed by atoms with Crippen LogP contribution in [0.15, 0.2) is 118 Å². The molecule has 2 atom stereocenters. The van der Waals surface area contributed by atoms with Gasteiger partial charge in [-0.25, -0.2) is 13.4 Å². The molecular weight excluding hydrogens is 606 g/mol. The lowest BCUT2D eigenvalue weighted by Crippen LogP contribution is -2.30. The normalized spacial score (nSPS) is 16.9. The van der Waals surface area contributed by atoms with Gasteiger partial charge in [-0.05, 0) is 59.2 Å². The zero-order chi connectivity index (χ0) is 30.3. The third-order valence-electron chi connectivity index (χ3n) is 7.17. The summed E-state index contributed by atoms with van der Waals surface area (Å²) >= 11 is 7.05. The number of amides is 1. The summed E-state index contributed by atoms with van der Waals surface area (Å²) in [5.74, 6) is -3.96. The fourth-order valence-electron chi connectivity index (χ4n) is 5.17. The number of benzene rings is 4. The monoisotopic (exact) mass is 627 g/mol. The van der Waals surface area contributed by atoms with Crippen molar-refractivity contribution in [3.8, 4) is 11.1 Å². The predicted molar refractivity (Wildman–Crippen MR) is 165 cm³/mol. The van der Waals surface area contributed by atoms with E-state index in [1.54, 1.807) is 60.7 Å². The summed E-state index contributed by atoms with van der Waals surface area (Å²) in [5, 5.41) is 0.299. The first kappa shape index (κ1) is 28.5. The molecule has 0 spiro atoms. The summed E-state index contributed by atoms with van der Waals surface area (Å²) in [4.78, 5) is 47.1. The molecule has 2 heterocycles. The first-order valence-electron chi connectivity index (χ1n) is 13.0. The van der Waals surface area contributed by atoms with E-state index in [0.717, 1.165) is 22.4 Å². The molecule has 1 aromatic heterocycles. The maximum Gasteiger partial charge on any atom is 0.297 e. The molecule has 6 rings (SSSR count). The number of carbonyl (C=O) groups is 3. The van der Waals surface area contributed by atoms with E-state index in [-0.39, 0.29) is 19.8 Å². The lowest BCUT2D eigenvalue weighted by atomic mass is 9.84. The van der Waals surface area contributed by atoms with E-state index in [4.69, 9.17) is 17.3 Å². The molecular formula is C32H22ClN3O5S2. The van der Waals surface area contributed by atoms with Crippen LogP contribution in [0.25, 0.3) is 11.1 Å². The van der Waals surface area contributed by atoms with Crippen LogP contribution in [0.1, 0.15) is 22.0 Å². The van der Waals surface area contributed by atoms with Gasteiger partial charge in [-0.2, -0.15) is 0 Å². The van der Waals surface area contributed by atoms with E-state index in [2.05, 4.69) is 4.98 Å². The minimum Gasteiger partial charge on any atom is -0.399 e. The molecule has 5 aromatic rings. The summed E-state index contributed by atoms with van der Waals surface area (Å²) in [6.45, 7) is 0. The zero-order valence-electron chi connectivity index (χ0n) is 22.3. The first-order chi connectivity index (χ1) is 20.7. The molecule has 8 nitrogen and oxygen atoms in total. The average molecular weight is 628 g/mol. The molecule has 2 unspecified atom stereocenters. The van der Waals surface area contributed by atoms with E-state index in [1.807, 2.05) is 30.3 Å². The highest BCUT2D eigenvalue weighted by Crippen LogP contribution is 2.45. The van der Waals surface area contributed by atoms with Gasteiger partial charge in [-0.15, -0.1) is 0 Å². The molecule has 214 valence electrons. The van der Waals surface area contributed by atoms with E-state index in [9.17, 15) is 22.8 Å². The number of ketones is 2.